The summed E-state index contributed by atoms with van der Waals surface area (Å²) in [6.45, 7) is 1.28. The van der Waals surface area contributed by atoms with Crippen molar-refractivity contribution in [3.63, 3.8) is 0 Å². The molecule has 3 rings (SSSR count). The van der Waals surface area contributed by atoms with E-state index in [-0.39, 0.29) is 36.5 Å². The van der Waals surface area contributed by atoms with Crippen LogP contribution in [0.1, 0.15) is 17.0 Å². The normalized spacial score (nSPS) is 12.1. The van der Waals surface area contributed by atoms with Gasteiger partial charge < -0.3 is 15.7 Å². The SMILES string of the molecule is CN=C(NCc1ccnc(-n2ccnc2)c1)NCC(CO)c1ccccc1.I. The molecule has 1 unspecified atom stereocenters. The zero-order chi connectivity index (χ0) is 18.9. The van der Waals surface area contributed by atoms with Crippen molar-refractivity contribution in [3.8, 4) is 5.82 Å². The monoisotopic (exact) mass is 492 g/mol. The highest BCUT2D eigenvalue weighted by atomic mass is 127. The number of aliphatic hydroxyl groups is 1. The number of imidazole rings is 1. The number of nitrogens with zero attached hydrogens (tertiary/aromatic N) is 4. The molecule has 0 aliphatic heterocycles. The molecule has 0 aliphatic carbocycles. The summed E-state index contributed by atoms with van der Waals surface area (Å²) in [4.78, 5) is 12.7. The lowest BCUT2D eigenvalue weighted by atomic mass is 10.0. The number of aliphatic hydroxyl groups excluding tert-OH is 1. The zero-order valence-electron chi connectivity index (χ0n) is 15.7. The molecule has 2 heterocycles. The van der Waals surface area contributed by atoms with Crippen molar-refractivity contribution in [2.75, 3.05) is 20.2 Å². The number of hydrogen-bond acceptors (Lipinski definition) is 4. The van der Waals surface area contributed by atoms with Gasteiger partial charge in [0.2, 0.25) is 0 Å². The standard InChI is InChI=1S/C20H24N6O.HI/c1-21-20(25-13-18(14-27)17-5-3-2-4-6-17)24-12-16-7-8-23-19(11-16)26-10-9-22-15-26;/h2-11,15,18,27H,12-14H2,1H3,(H2,21,24,25);1H. The molecule has 2 aromatic heterocycles. The van der Waals surface area contributed by atoms with Gasteiger partial charge in [0, 0.05) is 44.6 Å². The van der Waals surface area contributed by atoms with Gasteiger partial charge in [-0.25, -0.2) is 9.97 Å². The Kier molecular flexibility index (Phi) is 8.89. The second kappa shape index (κ2) is 11.4. The minimum Gasteiger partial charge on any atom is -0.396 e. The third-order valence-corrected chi connectivity index (χ3v) is 4.27. The van der Waals surface area contributed by atoms with Crippen LogP contribution in [0.5, 0.6) is 0 Å². The summed E-state index contributed by atoms with van der Waals surface area (Å²) in [6, 6.07) is 13.9. The predicted molar refractivity (Wildman–Crippen MR) is 121 cm³/mol. The fourth-order valence-electron chi connectivity index (χ4n) is 2.75. The van der Waals surface area contributed by atoms with Crippen molar-refractivity contribution in [2.45, 2.75) is 12.5 Å². The van der Waals surface area contributed by atoms with Gasteiger partial charge >= 0.3 is 0 Å². The lowest BCUT2D eigenvalue weighted by molar-refractivity contribution is 0.265. The Morgan fingerprint density at radius 1 is 1.18 bits per heavy atom. The highest BCUT2D eigenvalue weighted by Gasteiger charge is 2.11. The number of guanidine groups is 1. The Morgan fingerprint density at radius 3 is 2.68 bits per heavy atom. The van der Waals surface area contributed by atoms with Gasteiger partial charge in [0.15, 0.2) is 5.96 Å². The molecule has 28 heavy (non-hydrogen) atoms. The molecule has 0 aliphatic rings. The highest BCUT2D eigenvalue weighted by molar-refractivity contribution is 14.0. The van der Waals surface area contributed by atoms with E-state index < -0.39 is 0 Å². The van der Waals surface area contributed by atoms with E-state index in [1.54, 1.807) is 25.8 Å². The second-order valence-corrected chi connectivity index (χ2v) is 6.09. The van der Waals surface area contributed by atoms with Gasteiger partial charge in [0.05, 0.1) is 6.61 Å². The van der Waals surface area contributed by atoms with Crippen LogP contribution >= 0.6 is 24.0 Å². The topological polar surface area (TPSA) is 87.4 Å². The lowest BCUT2D eigenvalue weighted by Gasteiger charge is -2.18. The van der Waals surface area contributed by atoms with Crippen LogP contribution in [-0.4, -0.2) is 45.8 Å². The number of pyridine rings is 1. The number of nitrogens with one attached hydrogen (secondary N) is 2. The third-order valence-electron chi connectivity index (χ3n) is 4.27. The third kappa shape index (κ3) is 6.03. The molecular weight excluding hydrogens is 467 g/mol. The number of aliphatic imine (C=N–C) groups is 1. The Morgan fingerprint density at radius 2 is 2.00 bits per heavy atom. The van der Waals surface area contributed by atoms with E-state index in [9.17, 15) is 5.11 Å². The summed E-state index contributed by atoms with van der Waals surface area (Å²) in [5.41, 5.74) is 2.18. The molecule has 1 aromatic carbocycles. The quantitative estimate of drug-likeness (QED) is 0.268. The molecule has 3 N–H and O–H groups in total. The molecule has 0 bridgehead atoms. The summed E-state index contributed by atoms with van der Waals surface area (Å²) < 4.78 is 1.86. The molecule has 1 atom stereocenters. The predicted octanol–water partition coefficient (Wildman–Crippen LogP) is 2.33. The first-order valence-corrected chi connectivity index (χ1v) is 8.83. The van der Waals surface area contributed by atoms with E-state index >= 15 is 0 Å². The van der Waals surface area contributed by atoms with Crippen LogP contribution < -0.4 is 10.6 Å². The maximum Gasteiger partial charge on any atom is 0.191 e. The molecule has 0 spiro atoms. The smallest absolute Gasteiger partial charge is 0.191 e. The first-order valence-electron chi connectivity index (χ1n) is 8.83. The molecule has 8 heteroatoms. The summed E-state index contributed by atoms with van der Waals surface area (Å²) in [5, 5.41) is 16.3. The van der Waals surface area contributed by atoms with Crippen LogP contribution in [0.2, 0.25) is 0 Å². The lowest BCUT2D eigenvalue weighted by Crippen LogP contribution is -2.39. The Hall–Kier alpha value is -2.46. The largest absolute Gasteiger partial charge is 0.396 e. The minimum atomic E-state index is 0. The number of benzene rings is 1. The van der Waals surface area contributed by atoms with E-state index in [4.69, 9.17) is 0 Å². The summed E-state index contributed by atoms with van der Waals surface area (Å²) in [6.07, 6.45) is 7.08. The molecule has 3 aromatic rings. The average Bonchev–Trinajstić information content (AvgIpc) is 3.27. The zero-order valence-corrected chi connectivity index (χ0v) is 18.0. The van der Waals surface area contributed by atoms with Gasteiger partial charge in [-0.3, -0.25) is 9.56 Å². The molecule has 148 valence electrons. The maximum atomic E-state index is 9.68. The van der Waals surface area contributed by atoms with Crippen molar-refractivity contribution in [1.82, 2.24) is 25.2 Å². The van der Waals surface area contributed by atoms with Crippen LogP contribution in [0.4, 0.5) is 0 Å². The number of halogens is 1. The van der Waals surface area contributed by atoms with Gasteiger partial charge in [0.1, 0.15) is 12.1 Å². The first-order chi connectivity index (χ1) is 13.3. The first kappa shape index (κ1) is 21.8. The van der Waals surface area contributed by atoms with Crippen LogP contribution in [0, 0.1) is 0 Å². The van der Waals surface area contributed by atoms with Gasteiger partial charge in [0.25, 0.3) is 0 Å². The van der Waals surface area contributed by atoms with Gasteiger partial charge in [-0.1, -0.05) is 30.3 Å². The summed E-state index contributed by atoms with van der Waals surface area (Å²) >= 11 is 0. The van der Waals surface area contributed by atoms with Gasteiger partial charge in [-0.2, -0.15) is 0 Å². The average molecular weight is 492 g/mol. The van der Waals surface area contributed by atoms with Crippen molar-refractivity contribution in [2.24, 2.45) is 4.99 Å². The van der Waals surface area contributed by atoms with Crippen LogP contribution in [-0.2, 0) is 6.54 Å². The fourth-order valence-corrected chi connectivity index (χ4v) is 2.75. The van der Waals surface area contributed by atoms with E-state index in [1.165, 1.54) is 0 Å². The molecule has 0 radical (unpaired) electrons. The van der Waals surface area contributed by atoms with E-state index in [1.807, 2.05) is 53.2 Å². The number of hydrogen-bond donors (Lipinski definition) is 3. The van der Waals surface area contributed by atoms with Crippen LogP contribution in [0.15, 0.2) is 72.4 Å². The number of aromatic nitrogens is 3. The van der Waals surface area contributed by atoms with Crippen molar-refractivity contribution in [3.05, 3.63) is 78.5 Å². The van der Waals surface area contributed by atoms with Crippen molar-refractivity contribution >= 4 is 29.9 Å². The summed E-state index contributed by atoms with van der Waals surface area (Å²) in [7, 11) is 1.73. The van der Waals surface area contributed by atoms with Gasteiger partial charge in [-0.15, -0.1) is 24.0 Å². The maximum absolute atomic E-state index is 9.68. The molecule has 0 amide bonds. The van der Waals surface area contributed by atoms with Crippen LogP contribution in [0.3, 0.4) is 0 Å². The molecule has 0 saturated carbocycles. The molecule has 7 nitrogen and oxygen atoms in total. The van der Waals surface area contributed by atoms with Gasteiger partial charge in [-0.05, 0) is 23.3 Å². The minimum absolute atomic E-state index is 0. The fraction of sp³-hybridized carbons (Fsp3) is 0.250. The van der Waals surface area contributed by atoms with Crippen LogP contribution in [0.25, 0.3) is 5.82 Å². The highest BCUT2D eigenvalue weighted by Crippen LogP contribution is 2.13. The summed E-state index contributed by atoms with van der Waals surface area (Å²) in [5.74, 6) is 1.52. The Balaban J connectivity index is 0.00000280. The molecular formula is C20H25IN6O. The molecule has 0 fully saturated rings. The van der Waals surface area contributed by atoms with E-state index in [2.05, 4.69) is 25.6 Å². The second-order valence-electron chi connectivity index (χ2n) is 6.09. The Bertz CT molecular complexity index is 854. The Labute approximate surface area is 182 Å². The number of rotatable bonds is 7. The molecule has 0 saturated heterocycles. The van der Waals surface area contributed by atoms with E-state index in [0.29, 0.717) is 19.0 Å². The van der Waals surface area contributed by atoms with Crippen molar-refractivity contribution in [1.29, 1.82) is 0 Å². The van der Waals surface area contributed by atoms with E-state index in [0.717, 1.165) is 16.9 Å². The van der Waals surface area contributed by atoms with Crippen molar-refractivity contribution < 1.29 is 5.11 Å².